The minimum Gasteiger partial charge on any atom is -0.507 e. The first kappa shape index (κ1) is 23.0. The average molecular weight is 484 g/mol. The predicted octanol–water partition coefficient (Wildman–Crippen LogP) is 4.10. The van der Waals surface area contributed by atoms with Crippen LogP contribution in [0.15, 0.2) is 59.4 Å². The monoisotopic (exact) mass is 483 g/mol. The van der Waals surface area contributed by atoms with Crippen molar-refractivity contribution in [1.29, 1.82) is 0 Å². The Balaban J connectivity index is 0.000000353. The van der Waals surface area contributed by atoms with E-state index in [0.717, 1.165) is 64.6 Å². The second-order valence-corrected chi connectivity index (χ2v) is 10.3. The van der Waals surface area contributed by atoms with Crippen LogP contribution in [0.2, 0.25) is 0 Å². The zero-order valence-corrected chi connectivity index (χ0v) is 20.7. The normalized spacial score (nSPS) is 21.6. The molecule has 0 aliphatic carbocycles. The number of nitrogens with zero attached hydrogens (tertiary/aromatic N) is 3. The molecule has 7 nitrogen and oxygen atoms in total. The van der Waals surface area contributed by atoms with Crippen LogP contribution in [0.3, 0.4) is 0 Å². The van der Waals surface area contributed by atoms with Gasteiger partial charge in [-0.3, -0.25) is 0 Å². The molecule has 7 heteroatoms. The van der Waals surface area contributed by atoms with Crippen LogP contribution in [-0.4, -0.2) is 65.3 Å². The molecule has 3 aliphatic rings. The highest BCUT2D eigenvalue weighted by atomic mass is 16.3. The first-order valence-corrected chi connectivity index (χ1v) is 13.0. The number of aromatic nitrogens is 2. The zero-order valence-electron chi connectivity index (χ0n) is 20.7. The number of rotatable bonds is 2. The number of fused-ring (bicyclic) bond motifs is 4. The Hall–Kier alpha value is -3.42. The number of phenolic OH excluding ortho intramolecular Hbond substituents is 1. The summed E-state index contributed by atoms with van der Waals surface area (Å²) in [4.78, 5) is 24.4. The van der Waals surface area contributed by atoms with Gasteiger partial charge in [0.2, 0.25) is 0 Å². The lowest BCUT2D eigenvalue weighted by molar-refractivity contribution is 0.418. The first-order valence-electron chi connectivity index (χ1n) is 13.0. The third-order valence-corrected chi connectivity index (χ3v) is 7.86. The fourth-order valence-corrected chi connectivity index (χ4v) is 6.06. The SMILES string of the molecule is CN1CCCC1.O=c1nc(N2C3CCC2CNC3)c2ccc(-c3c(O)ccc4ccccc34)cc2[nH]1. The molecule has 1 aromatic heterocycles. The number of aromatic hydroxyl groups is 1. The molecule has 0 saturated carbocycles. The van der Waals surface area contributed by atoms with Gasteiger partial charge in [0.25, 0.3) is 0 Å². The predicted molar refractivity (Wildman–Crippen MR) is 146 cm³/mol. The van der Waals surface area contributed by atoms with Crippen LogP contribution in [0.5, 0.6) is 5.75 Å². The smallest absolute Gasteiger partial charge is 0.347 e. The molecular weight excluding hydrogens is 450 g/mol. The first-order chi connectivity index (χ1) is 17.6. The summed E-state index contributed by atoms with van der Waals surface area (Å²) in [5.74, 6) is 1.00. The Labute approximate surface area is 210 Å². The fourth-order valence-electron chi connectivity index (χ4n) is 6.06. The number of nitrogens with one attached hydrogen (secondary N) is 2. The van der Waals surface area contributed by atoms with Crippen LogP contribution in [-0.2, 0) is 0 Å². The van der Waals surface area contributed by atoms with E-state index in [-0.39, 0.29) is 11.4 Å². The van der Waals surface area contributed by atoms with Gasteiger partial charge in [-0.25, -0.2) is 4.79 Å². The Morgan fingerprint density at radius 3 is 2.42 bits per heavy atom. The van der Waals surface area contributed by atoms with Gasteiger partial charge in [0.05, 0.1) is 5.52 Å². The Kier molecular flexibility index (Phi) is 6.11. The van der Waals surface area contributed by atoms with Crippen molar-refractivity contribution in [2.75, 3.05) is 38.1 Å². The van der Waals surface area contributed by atoms with Crippen LogP contribution >= 0.6 is 0 Å². The van der Waals surface area contributed by atoms with Crippen molar-refractivity contribution in [2.24, 2.45) is 0 Å². The number of anilines is 1. The molecule has 36 heavy (non-hydrogen) atoms. The van der Waals surface area contributed by atoms with Crippen molar-refractivity contribution >= 4 is 27.5 Å². The Morgan fingerprint density at radius 1 is 0.944 bits per heavy atom. The number of hydrogen-bond donors (Lipinski definition) is 3. The second kappa shape index (κ2) is 9.56. The van der Waals surface area contributed by atoms with E-state index in [4.69, 9.17) is 0 Å². The maximum atomic E-state index is 12.4. The fraction of sp³-hybridized carbons (Fsp3) is 0.379. The number of hydrogen-bond acceptors (Lipinski definition) is 6. The molecule has 2 atom stereocenters. The van der Waals surface area contributed by atoms with Gasteiger partial charge in [0.15, 0.2) is 0 Å². The largest absolute Gasteiger partial charge is 0.507 e. The molecule has 3 saturated heterocycles. The van der Waals surface area contributed by atoms with Gasteiger partial charge in [-0.2, -0.15) is 4.98 Å². The van der Waals surface area contributed by atoms with Crippen molar-refractivity contribution in [3.8, 4) is 16.9 Å². The summed E-state index contributed by atoms with van der Waals surface area (Å²) in [6.45, 7) is 4.49. The van der Waals surface area contributed by atoms with E-state index in [1.807, 2.05) is 48.5 Å². The van der Waals surface area contributed by atoms with E-state index in [1.54, 1.807) is 6.07 Å². The number of H-pyrrole nitrogens is 1. The summed E-state index contributed by atoms with van der Waals surface area (Å²) in [6.07, 6.45) is 5.07. The van der Waals surface area contributed by atoms with E-state index < -0.39 is 0 Å². The number of benzene rings is 3. The molecule has 3 aromatic carbocycles. The summed E-state index contributed by atoms with van der Waals surface area (Å²) in [6, 6.07) is 18.4. The number of aromatic amines is 1. The van der Waals surface area contributed by atoms with Crippen LogP contribution in [0, 0.1) is 0 Å². The highest BCUT2D eigenvalue weighted by molar-refractivity contribution is 6.02. The van der Waals surface area contributed by atoms with Crippen molar-refractivity contribution in [2.45, 2.75) is 37.8 Å². The van der Waals surface area contributed by atoms with E-state index in [9.17, 15) is 9.90 Å². The van der Waals surface area contributed by atoms with Gasteiger partial charge >= 0.3 is 5.69 Å². The molecule has 2 unspecified atom stereocenters. The van der Waals surface area contributed by atoms with Gasteiger partial charge in [-0.15, -0.1) is 0 Å². The maximum absolute atomic E-state index is 12.4. The van der Waals surface area contributed by atoms with Crippen LogP contribution in [0.25, 0.3) is 32.8 Å². The average Bonchev–Trinajstić information content (AvgIpc) is 3.46. The van der Waals surface area contributed by atoms with Gasteiger partial charge in [-0.05, 0) is 80.4 Å². The summed E-state index contributed by atoms with van der Waals surface area (Å²) < 4.78 is 0. The van der Waals surface area contributed by atoms with E-state index in [1.165, 1.54) is 25.9 Å². The number of likely N-dealkylation sites (tertiary alicyclic amines) is 1. The summed E-state index contributed by atoms with van der Waals surface area (Å²) in [5.41, 5.74) is 2.05. The van der Waals surface area contributed by atoms with Crippen LogP contribution < -0.4 is 15.9 Å². The van der Waals surface area contributed by atoms with Gasteiger partial charge in [-0.1, -0.05) is 36.4 Å². The second-order valence-electron chi connectivity index (χ2n) is 10.3. The lowest BCUT2D eigenvalue weighted by Crippen LogP contribution is -2.52. The van der Waals surface area contributed by atoms with Crippen molar-refractivity contribution < 1.29 is 5.11 Å². The molecule has 4 aromatic rings. The third-order valence-electron chi connectivity index (χ3n) is 7.86. The lowest BCUT2D eigenvalue weighted by atomic mass is 9.96. The summed E-state index contributed by atoms with van der Waals surface area (Å²) in [5, 5.41) is 17.1. The van der Waals surface area contributed by atoms with Gasteiger partial charge in [0.1, 0.15) is 11.6 Å². The van der Waals surface area contributed by atoms with Crippen LogP contribution in [0.1, 0.15) is 25.7 Å². The third kappa shape index (κ3) is 4.22. The summed E-state index contributed by atoms with van der Waals surface area (Å²) >= 11 is 0. The molecule has 2 bridgehead atoms. The zero-order chi connectivity index (χ0) is 24.6. The topological polar surface area (TPSA) is 84.5 Å². The van der Waals surface area contributed by atoms with Crippen molar-refractivity contribution in [3.63, 3.8) is 0 Å². The van der Waals surface area contributed by atoms with E-state index in [2.05, 4.69) is 32.1 Å². The molecule has 0 amide bonds. The minimum atomic E-state index is -0.338. The molecule has 3 aliphatic heterocycles. The van der Waals surface area contributed by atoms with Crippen molar-refractivity contribution in [3.05, 3.63) is 65.1 Å². The highest BCUT2D eigenvalue weighted by Crippen LogP contribution is 2.39. The van der Waals surface area contributed by atoms with Crippen molar-refractivity contribution in [1.82, 2.24) is 20.2 Å². The molecule has 186 valence electrons. The van der Waals surface area contributed by atoms with Gasteiger partial charge in [0, 0.05) is 36.1 Å². The maximum Gasteiger partial charge on any atom is 0.347 e. The molecule has 7 rings (SSSR count). The molecule has 3 fully saturated rings. The molecule has 0 spiro atoms. The minimum absolute atomic E-state index is 0.227. The Morgan fingerprint density at radius 2 is 1.69 bits per heavy atom. The highest BCUT2D eigenvalue weighted by Gasteiger charge is 2.38. The number of phenols is 1. The molecule has 4 heterocycles. The van der Waals surface area contributed by atoms with Crippen LogP contribution in [0.4, 0.5) is 5.82 Å². The number of piperazine rings is 1. The summed E-state index contributed by atoms with van der Waals surface area (Å²) in [7, 11) is 2.17. The van der Waals surface area contributed by atoms with E-state index in [0.29, 0.717) is 12.1 Å². The Bertz CT molecular complexity index is 1440. The molecule has 0 radical (unpaired) electrons. The molecular formula is C29H33N5O2. The lowest BCUT2D eigenvalue weighted by Gasteiger charge is -2.36. The van der Waals surface area contributed by atoms with Gasteiger partial charge < -0.3 is 25.2 Å². The standard InChI is InChI=1S/C24H22N4O2.C5H11N/c29-21-10-6-14-3-1-2-4-18(14)22(21)15-5-9-19-20(11-15)26-24(30)27-23(19)28-16-7-8-17(28)13-25-12-16;1-6-4-2-3-5-6/h1-6,9-11,16-17,25,29H,7-8,12-13H2,(H,26,27,30);2-5H2,1H3. The molecule has 3 N–H and O–H groups in total. The quantitative estimate of drug-likeness (QED) is 0.398. The van der Waals surface area contributed by atoms with E-state index >= 15 is 0 Å².